The lowest BCUT2D eigenvalue weighted by Gasteiger charge is -2.30. The Bertz CT molecular complexity index is 527. The first-order valence-electron chi connectivity index (χ1n) is 6.44. The van der Waals surface area contributed by atoms with Crippen molar-refractivity contribution in [1.29, 1.82) is 0 Å². The van der Waals surface area contributed by atoms with E-state index in [1.165, 1.54) is 19.1 Å². The lowest BCUT2D eigenvalue weighted by atomic mass is 9.91. The van der Waals surface area contributed by atoms with Gasteiger partial charge in [-0.2, -0.15) is 0 Å². The molecule has 0 spiro atoms. The van der Waals surface area contributed by atoms with Crippen molar-refractivity contribution in [2.24, 2.45) is 0 Å². The molecule has 0 aromatic heterocycles. The van der Waals surface area contributed by atoms with Crippen LogP contribution in [0.5, 0.6) is 0 Å². The smallest absolute Gasteiger partial charge is 0.333 e. The third-order valence-electron chi connectivity index (χ3n) is 3.33. The van der Waals surface area contributed by atoms with Crippen LogP contribution in [0.2, 0.25) is 0 Å². The molecule has 0 radical (unpaired) electrons. The molecule has 2 atom stereocenters. The highest BCUT2D eigenvalue weighted by molar-refractivity contribution is 5.89. The normalized spacial score (nSPS) is 21.3. The van der Waals surface area contributed by atoms with Gasteiger partial charge in [-0.05, 0) is 24.6 Å². The lowest BCUT2D eigenvalue weighted by Crippen LogP contribution is -2.54. The number of halogens is 1. The molecule has 2 rings (SSSR count). The van der Waals surface area contributed by atoms with E-state index in [2.05, 4.69) is 5.32 Å². The highest BCUT2D eigenvalue weighted by Crippen LogP contribution is 2.22. The third-order valence-corrected chi connectivity index (χ3v) is 3.33. The van der Waals surface area contributed by atoms with Gasteiger partial charge in [0.25, 0.3) is 5.91 Å². The summed E-state index contributed by atoms with van der Waals surface area (Å²) < 4.78 is 23.3. The van der Waals surface area contributed by atoms with Crippen molar-refractivity contribution in [3.63, 3.8) is 0 Å². The van der Waals surface area contributed by atoms with E-state index in [1.807, 2.05) is 0 Å². The zero-order chi connectivity index (χ0) is 15.5. The number of hydrogen-bond donors (Lipinski definition) is 2. The van der Waals surface area contributed by atoms with Crippen LogP contribution in [0.1, 0.15) is 12.5 Å². The first-order chi connectivity index (χ1) is 9.93. The molecule has 1 aromatic rings. The Morgan fingerprint density at radius 3 is 2.52 bits per heavy atom. The van der Waals surface area contributed by atoms with Crippen molar-refractivity contribution in [1.82, 2.24) is 5.32 Å². The van der Waals surface area contributed by atoms with Crippen molar-refractivity contribution in [3.8, 4) is 0 Å². The number of carbonyl (C=O) groups excluding carboxylic acids is 1. The van der Waals surface area contributed by atoms with Crippen LogP contribution in [0.4, 0.5) is 4.39 Å². The molecule has 2 unspecified atom stereocenters. The van der Waals surface area contributed by atoms with Crippen molar-refractivity contribution in [3.05, 3.63) is 35.6 Å². The molecule has 1 aromatic carbocycles. The van der Waals surface area contributed by atoms with E-state index in [0.717, 1.165) is 12.1 Å². The number of amides is 1. The van der Waals surface area contributed by atoms with E-state index >= 15 is 0 Å². The molecule has 2 N–H and O–H groups in total. The summed E-state index contributed by atoms with van der Waals surface area (Å²) in [5.41, 5.74) is -1.41. The fourth-order valence-electron chi connectivity index (χ4n) is 2.00. The van der Waals surface area contributed by atoms with Crippen LogP contribution in [0.15, 0.2) is 24.3 Å². The van der Waals surface area contributed by atoms with Gasteiger partial charge in [-0.1, -0.05) is 12.1 Å². The van der Waals surface area contributed by atoms with Crippen LogP contribution in [0.25, 0.3) is 0 Å². The van der Waals surface area contributed by atoms with Gasteiger partial charge in [0.2, 0.25) is 0 Å². The van der Waals surface area contributed by atoms with E-state index in [-0.39, 0.29) is 18.8 Å². The zero-order valence-electron chi connectivity index (χ0n) is 11.5. The average Bonchev–Trinajstić information content (AvgIpc) is 2.48. The van der Waals surface area contributed by atoms with E-state index in [1.54, 1.807) is 0 Å². The Hall–Kier alpha value is -1.99. The quantitative estimate of drug-likeness (QED) is 0.852. The molecule has 6 nitrogen and oxygen atoms in total. The molecule has 1 amide bonds. The van der Waals surface area contributed by atoms with Gasteiger partial charge in [0.05, 0.1) is 19.8 Å². The van der Waals surface area contributed by atoms with Crippen LogP contribution in [-0.2, 0) is 24.6 Å². The number of benzene rings is 1. The largest absolute Gasteiger partial charge is 0.479 e. The van der Waals surface area contributed by atoms with E-state index < -0.39 is 29.3 Å². The summed E-state index contributed by atoms with van der Waals surface area (Å²) in [6.45, 7) is 2.09. The predicted octanol–water partition coefficient (Wildman–Crippen LogP) is 0.657. The average molecular weight is 297 g/mol. The van der Waals surface area contributed by atoms with E-state index in [9.17, 15) is 19.1 Å². The third kappa shape index (κ3) is 3.37. The molecule has 1 aliphatic rings. The van der Waals surface area contributed by atoms with Crippen molar-refractivity contribution >= 4 is 11.9 Å². The summed E-state index contributed by atoms with van der Waals surface area (Å²) in [6, 6.07) is 4.93. The first kappa shape index (κ1) is 15.4. The number of carboxylic acids is 1. The van der Waals surface area contributed by atoms with Crippen LogP contribution >= 0.6 is 0 Å². The van der Waals surface area contributed by atoms with Crippen LogP contribution in [0, 0.1) is 5.82 Å². The molecule has 1 saturated heterocycles. The minimum atomic E-state index is -1.68. The summed E-state index contributed by atoms with van der Waals surface area (Å²) >= 11 is 0. The van der Waals surface area contributed by atoms with Crippen molar-refractivity contribution < 1.29 is 28.6 Å². The summed E-state index contributed by atoms with van der Waals surface area (Å²) in [5, 5.41) is 11.9. The second-order valence-electron chi connectivity index (χ2n) is 4.86. The maximum atomic E-state index is 13.0. The fraction of sp³-hybridized carbons (Fsp3) is 0.429. The number of rotatable bonds is 4. The topological polar surface area (TPSA) is 84.9 Å². The van der Waals surface area contributed by atoms with E-state index in [4.69, 9.17) is 9.47 Å². The van der Waals surface area contributed by atoms with Crippen molar-refractivity contribution in [2.75, 3.05) is 19.8 Å². The second-order valence-corrected chi connectivity index (χ2v) is 4.86. The Morgan fingerprint density at radius 1 is 1.33 bits per heavy atom. The molecule has 0 aliphatic carbocycles. The predicted molar refractivity (Wildman–Crippen MR) is 70.1 cm³/mol. The van der Waals surface area contributed by atoms with Crippen LogP contribution < -0.4 is 5.32 Å². The molecule has 0 bridgehead atoms. The van der Waals surface area contributed by atoms with Gasteiger partial charge in [-0.3, -0.25) is 4.79 Å². The first-order valence-corrected chi connectivity index (χ1v) is 6.44. The van der Waals surface area contributed by atoms with Crippen molar-refractivity contribution in [2.45, 2.75) is 18.6 Å². The van der Waals surface area contributed by atoms with E-state index in [0.29, 0.717) is 6.61 Å². The minimum absolute atomic E-state index is 0.0744. The highest BCUT2D eigenvalue weighted by atomic mass is 19.1. The van der Waals surface area contributed by atoms with Crippen LogP contribution in [0.3, 0.4) is 0 Å². The molecule has 21 heavy (non-hydrogen) atoms. The summed E-state index contributed by atoms with van der Waals surface area (Å²) in [6.07, 6.45) is -0.849. The monoisotopic (exact) mass is 297 g/mol. The summed E-state index contributed by atoms with van der Waals surface area (Å²) in [4.78, 5) is 23.6. The Balaban J connectivity index is 2.19. The van der Waals surface area contributed by atoms with Gasteiger partial charge >= 0.3 is 5.97 Å². The van der Waals surface area contributed by atoms with Gasteiger partial charge < -0.3 is 19.9 Å². The minimum Gasteiger partial charge on any atom is -0.479 e. The SMILES string of the molecule is CC(NC(=O)C1COCCO1)(C(=O)O)c1ccc(F)cc1. The maximum Gasteiger partial charge on any atom is 0.333 e. The summed E-state index contributed by atoms with van der Waals surface area (Å²) in [5.74, 6) is -2.31. The maximum absolute atomic E-state index is 13.0. The Kier molecular flexibility index (Phi) is 4.54. The zero-order valence-corrected chi connectivity index (χ0v) is 11.5. The Labute approximate surface area is 120 Å². The second kappa shape index (κ2) is 6.19. The molecule has 1 heterocycles. The molecular weight excluding hydrogens is 281 g/mol. The van der Waals surface area contributed by atoms with Gasteiger partial charge in [0.15, 0.2) is 11.6 Å². The molecule has 0 saturated carbocycles. The number of nitrogens with one attached hydrogen (secondary N) is 1. The Morgan fingerprint density at radius 2 is 2.00 bits per heavy atom. The standard InChI is InChI=1S/C14H16FNO5/c1-14(13(18)19,9-2-4-10(15)5-3-9)16-12(17)11-8-20-6-7-21-11/h2-5,11H,6-8H2,1H3,(H,16,17)(H,18,19). The lowest BCUT2D eigenvalue weighted by molar-refractivity contribution is -0.156. The number of aliphatic carboxylic acids is 1. The molecular formula is C14H16FNO5. The highest BCUT2D eigenvalue weighted by Gasteiger charge is 2.39. The van der Waals surface area contributed by atoms with Crippen LogP contribution in [-0.4, -0.2) is 42.9 Å². The molecule has 1 fully saturated rings. The molecule has 7 heteroatoms. The number of hydrogen-bond acceptors (Lipinski definition) is 4. The van der Waals surface area contributed by atoms with Gasteiger partial charge in [0, 0.05) is 0 Å². The molecule has 1 aliphatic heterocycles. The number of carbonyl (C=O) groups is 2. The summed E-state index contributed by atoms with van der Waals surface area (Å²) in [7, 11) is 0. The number of carboxylic acid groups (broad SMARTS) is 1. The van der Waals surface area contributed by atoms with Gasteiger partial charge in [0.1, 0.15) is 5.82 Å². The molecule has 114 valence electrons. The fourth-order valence-corrected chi connectivity index (χ4v) is 2.00. The van der Waals surface area contributed by atoms with Gasteiger partial charge in [-0.15, -0.1) is 0 Å². The van der Waals surface area contributed by atoms with Gasteiger partial charge in [-0.25, -0.2) is 9.18 Å². The number of ether oxygens (including phenoxy) is 2.